The van der Waals surface area contributed by atoms with Gasteiger partial charge in [0.15, 0.2) is 0 Å². The fourth-order valence-electron chi connectivity index (χ4n) is 0.967. The van der Waals surface area contributed by atoms with Gasteiger partial charge in [-0.15, -0.1) is 0 Å². The van der Waals surface area contributed by atoms with E-state index in [0.29, 0.717) is 6.54 Å². The zero-order valence-corrected chi connectivity index (χ0v) is 5.28. The number of nitrogens with zero attached hydrogens (tertiary/aromatic N) is 2. The Morgan fingerprint density at radius 3 is 3.30 bits per heavy atom. The highest BCUT2D eigenvalue weighted by Gasteiger charge is 1.95. The third-order valence-corrected chi connectivity index (χ3v) is 1.43. The first-order chi connectivity index (χ1) is 4.86. The second kappa shape index (κ2) is 1.80. The second-order valence-corrected chi connectivity index (χ2v) is 2.14. The molecule has 1 aromatic rings. The van der Waals surface area contributed by atoms with Gasteiger partial charge in [-0.05, 0) is 6.08 Å². The maximum atomic E-state index is 8.96. The maximum Gasteiger partial charge on any atom is 0.136 e. The summed E-state index contributed by atoms with van der Waals surface area (Å²) in [6, 6.07) is 1.62. The molecule has 0 saturated carbocycles. The highest BCUT2D eigenvalue weighted by molar-refractivity contribution is 5.27. The summed E-state index contributed by atoms with van der Waals surface area (Å²) < 4.78 is 0. The number of aromatic hydroxyl groups is 1. The van der Waals surface area contributed by atoms with Crippen molar-refractivity contribution in [1.82, 2.24) is 4.98 Å². The molecule has 0 aliphatic carbocycles. The monoisotopic (exact) mass is 134 g/mol. The number of hydrogen-bond acceptors (Lipinski definition) is 3. The average Bonchev–Trinajstić information content (AvgIpc) is 2.33. The Balaban J connectivity index is 2.88. The van der Waals surface area contributed by atoms with Crippen molar-refractivity contribution in [1.29, 1.82) is 0 Å². The molecule has 2 heterocycles. The molecular formula is C7H6N2O. The van der Waals surface area contributed by atoms with Crippen molar-refractivity contribution in [3.63, 3.8) is 0 Å². The van der Waals surface area contributed by atoms with E-state index in [9.17, 15) is 0 Å². The minimum Gasteiger partial charge on any atom is -0.506 e. The molecule has 0 saturated heterocycles. The summed E-state index contributed by atoms with van der Waals surface area (Å²) in [6.07, 6.45) is 3.35. The van der Waals surface area contributed by atoms with E-state index in [-0.39, 0.29) is 5.75 Å². The Morgan fingerprint density at radius 2 is 2.40 bits per heavy atom. The van der Waals surface area contributed by atoms with Crippen LogP contribution in [0.3, 0.4) is 0 Å². The molecule has 0 aromatic carbocycles. The van der Waals surface area contributed by atoms with E-state index in [1.54, 1.807) is 6.07 Å². The number of rotatable bonds is 0. The molecular weight excluding hydrogens is 128 g/mol. The van der Waals surface area contributed by atoms with Gasteiger partial charge in [-0.2, -0.15) is 0 Å². The van der Waals surface area contributed by atoms with Crippen molar-refractivity contribution in [2.75, 3.05) is 6.54 Å². The Labute approximate surface area is 57.4 Å². The van der Waals surface area contributed by atoms with E-state index in [1.807, 2.05) is 6.08 Å². The van der Waals surface area contributed by atoms with Crippen molar-refractivity contribution in [3.8, 4) is 5.75 Å². The summed E-state index contributed by atoms with van der Waals surface area (Å²) in [6.45, 7) is 0.686. The lowest BCUT2D eigenvalue weighted by atomic mass is 10.4. The molecule has 1 aliphatic rings. The number of pyridine rings is 1. The van der Waals surface area contributed by atoms with Crippen LogP contribution in [-0.4, -0.2) is 16.6 Å². The van der Waals surface area contributed by atoms with Crippen molar-refractivity contribution in [3.05, 3.63) is 23.0 Å². The van der Waals surface area contributed by atoms with Gasteiger partial charge >= 0.3 is 0 Å². The van der Waals surface area contributed by atoms with Crippen LogP contribution in [0.2, 0.25) is 0 Å². The van der Waals surface area contributed by atoms with E-state index >= 15 is 0 Å². The number of fused-ring (bicyclic) bond motifs is 1. The topological polar surface area (TPSA) is 45.5 Å². The minimum atomic E-state index is 0.179. The molecule has 0 unspecified atom stereocenters. The molecule has 0 spiro atoms. The fraction of sp³-hybridized carbons (Fsp3) is 0.143. The molecule has 1 aromatic heterocycles. The van der Waals surface area contributed by atoms with Gasteiger partial charge in [0, 0.05) is 6.07 Å². The minimum absolute atomic E-state index is 0.179. The first-order valence-electron chi connectivity index (χ1n) is 3.06. The Hall–Kier alpha value is -1.38. The van der Waals surface area contributed by atoms with Gasteiger partial charge in [-0.25, -0.2) is 0 Å². The number of hydrogen-bond donors (Lipinski definition) is 1. The van der Waals surface area contributed by atoms with Crippen LogP contribution in [-0.2, 0) is 0 Å². The molecule has 1 N–H and O–H groups in total. The third kappa shape index (κ3) is 0.673. The van der Waals surface area contributed by atoms with Crippen LogP contribution in [0.5, 0.6) is 5.75 Å². The van der Waals surface area contributed by atoms with Crippen molar-refractivity contribution in [2.45, 2.75) is 0 Å². The van der Waals surface area contributed by atoms with Crippen molar-refractivity contribution in [2.24, 2.45) is 4.99 Å². The summed E-state index contributed by atoms with van der Waals surface area (Å²) in [5.74, 6) is 0.179. The van der Waals surface area contributed by atoms with Crippen LogP contribution in [0.25, 0.3) is 6.08 Å². The zero-order chi connectivity index (χ0) is 6.97. The van der Waals surface area contributed by atoms with E-state index in [1.165, 1.54) is 6.20 Å². The summed E-state index contributed by atoms with van der Waals surface area (Å²) in [7, 11) is 0. The Kier molecular flexibility index (Phi) is 0.974. The maximum absolute atomic E-state index is 8.96. The summed E-state index contributed by atoms with van der Waals surface area (Å²) in [5.41, 5.74) is 0. The SMILES string of the molecule is Oc1cnc2c(c1)=NCC=2. The Bertz CT molecular complexity index is 370. The fourth-order valence-corrected chi connectivity index (χ4v) is 0.967. The van der Waals surface area contributed by atoms with Crippen LogP contribution < -0.4 is 10.7 Å². The molecule has 3 nitrogen and oxygen atoms in total. The van der Waals surface area contributed by atoms with Gasteiger partial charge in [0.1, 0.15) is 5.75 Å². The van der Waals surface area contributed by atoms with Crippen LogP contribution in [0.15, 0.2) is 17.3 Å². The van der Waals surface area contributed by atoms with Gasteiger partial charge < -0.3 is 5.11 Å². The molecule has 0 bridgehead atoms. The molecule has 1 aliphatic heterocycles. The highest BCUT2D eigenvalue weighted by atomic mass is 16.3. The van der Waals surface area contributed by atoms with Gasteiger partial charge in [0.25, 0.3) is 0 Å². The quantitative estimate of drug-likeness (QED) is 0.505. The normalized spacial score (nSPS) is 13.6. The molecule has 50 valence electrons. The predicted molar refractivity (Wildman–Crippen MR) is 36.0 cm³/mol. The lowest BCUT2D eigenvalue weighted by Crippen LogP contribution is -2.23. The molecule has 0 radical (unpaired) electrons. The first-order valence-corrected chi connectivity index (χ1v) is 3.06. The van der Waals surface area contributed by atoms with E-state index in [2.05, 4.69) is 9.98 Å². The van der Waals surface area contributed by atoms with Crippen LogP contribution in [0.1, 0.15) is 0 Å². The van der Waals surface area contributed by atoms with E-state index < -0.39 is 0 Å². The van der Waals surface area contributed by atoms with Gasteiger partial charge in [0.2, 0.25) is 0 Å². The number of aromatic nitrogens is 1. The molecule has 0 atom stereocenters. The predicted octanol–water partition coefficient (Wildman–Crippen LogP) is -0.799. The largest absolute Gasteiger partial charge is 0.506 e. The van der Waals surface area contributed by atoms with Crippen molar-refractivity contribution < 1.29 is 5.11 Å². The average molecular weight is 134 g/mol. The Morgan fingerprint density at radius 1 is 1.50 bits per heavy atom. The van der Waals surface area contributed by atoms with Crippen molar-refractivity contribution >= 4 is 6.08 Å². The molecule has 2 rings (SSSR count). The molecule has 3 heteroatoms. The molecule has 10 heavy (non-hydrogen) atoms. The lowest BCUT2D eigenvalue weighted by Gasteiger charge is -1.85. The van der Waals surface area contributed by atoms with Gasteiger partial charge in [-0.1, -0.05) is 0 Å². The highest BCUT2D eigenvalue weighted by Crippen LogP contribution is 1.96. The van der Waals surface area contributed by atoms with Crippen LogP contribution in [0, 0.1) is 0 Å². The summed E-state index contributed by atoms with van der Waals surface area (Å²) in [5, 5.41) is 10.6. The van der Waals surface area contributed by atoms with Gasteiger partial charge in [-0.3, -0.25) is 9.98 Å². The van der Waals surface area contributed by atoms with Crippen LogP contribution >= 0.6 is 0 Å². The third-order valence-electron chi connectivity index (χ3n) is 1.43. The summed E-state index contributed by atoms with van der Waals surface area (Å²) in [4.78, 5) is 8.04. The molecule has 0 amide bonds. The smallest absolute Gasteiger partial charge is 0.136 e. The van der Waals surface area contributed by atoms with E-state index in [0.717, 1.165) is 10.7 Å². The molecule has 0 fully saturated rings. The van der Waals surface area contributed by atoms with Crippen LogP contribution in [0.4, 0.5) is 0 Å². The van der Waals surface area contributed by atoms with E-state index in [4.69, 9.17) is 5.11 Å². The first kappa shape index (κ1) is 5.41. The zero-order valence-electron chi connectivity index (χ0n) is 5.28. The van der Waals surface area contributed by atoms with Gasteiger partial charge in [0.05, 0.1) is 23.4 Å². The standard InChI is InChI=1S/C7H6N2O/c10-5-3-7-6(9-4-5)1-2-8-7/h1,3-4,10H,2H2. The lowest BCUT2D eigenvalue weighted by molar-refractivity contribution is 0.471. The summed E-state index contributed by atoms with van der Waals surface area (Å²) >= 11 is 0. The second-order valence-electron chi connectivity index (χ2n) is 2.14.